The zero-order valence-corrected chi connectivity index (χ0v) is 17.4. The molecule has 1 aliphatic carbocycles. The minimum absolute atomic E-state index is 0.289. The Morgan fingerprint density at radius 1 is 0.931 bits per heavy atom. The molecule has 2 atom stereocenters. The molecule has 0 radical (unpaired) electrons. The Labute approximate surface area is 177 Å². The van der Waals surface area contributed by atoms with Crippen molar-refractivity contribution in [3.8, 4) is 11.5 Å². The van der Waals surface area contributed by atoms with E-state index in [1.165, 1.54) is 24.5 Å². The Balaban J connectivity index is 1.44. The van der Waals surface area contributed by atoms with Crippen molar-refractivity contribution < 1.29 is 9.13 Å². The second kappa shape index (κ2) is 9.00. The summed E-state index contributed by atoms with van der Waals surface area (Å²) >= 11 is 6.06. The fourth-order valence-electron chi connectivity index (χ4n) is 4.00. The molecule has 3 aromatic carbocycles. The molecule has 150 valence electrons. The molecular formula is C26H26ClFO. The quantitative estimate of drug-likeness (QED) is 0.363. The summed E-state index contributed by atoms with van der Waals surface area (Å²) in [6.45, 7) is 2.21. The highest BCUT2D eigenvalue weighted by Crippen LogP contribution is 2.46. The number of rotatable bonds is 8. The first kappa shape index (κ1) is 20.0. The van der Waals surface area contributed by atoms with Crippen LogP contribution in [0.4, 0.5) is 4.39 Å². The Morgan fingerprint density at radius 2 is 1.62 bits per heavy atom. The molecule has 0 amide bonds. The van der Waals surface area contributed by atoms with E-state index < -0.39 is 0 Å². The van der Waals surface area contributed by atoms with Gasteiger partial charge in [-0.3, -0.25) is 0 Å². The Kier molecular flexibility index (Phi) is 6.20. The molecule has 0 aromatic heterocycles. The normalized spacial score (nSPS) is 15.7. The van der Waals surface area contributed by atoms with Crippen LogP contribution in [-0.2, 0) is 0 Å². The predicted octanol–water partition coefficient (Wildman–Crippen LogP) is 8.35. The van der Waals surface area contributed by atoms with Crippen molar-refractivity contribution in [1.82, 2.24) is 0 Å². The molecule has 1 aliphatic rings. The van der Waals surface area contributed by atoms with E-state index in [2.05, 4.69) is 19.1 Å². The van der Waals surface area contributed by atoms with Gasteiger partial charge in [-0.1, -0.05) is 54.9 Å². The van der Waals surface area contributed by atoms with E-state index in [0.29, 0.717) is 17.6 Å². The third-order valence-corrected chi connectivity index (χ3v) is 6.15. The van der Waals surface area contributed by atoms with Crippen LogP contribution in [0.2, 0.25) is 5.02 Å². The van der Waals surface area contributed by atoms with E-state index in [1.54, 1.807) is 0 Å². The first-order chi connectivity index (χ1) is 14.1. The standard InChI is InChI=1S/C26H26ClFO/c1-18(7-15-24(19-8-9-19)20-10-13-22(27)14-11-20)21-12-16-25(28)26(17-21)29-23-5-3-2-4-6-23/h2-6,10-14,16-19,24H,7-9,15H2,1H3. The number of benzene rings is 3. The first-order valence-electron chi connectivity index (χ1n) is 10.4. The summed E-state index contributed by atoms with van der Waals surface area (Å²) < 4.78 is 20.0. The molecule has 1 nitrogen and oxygen atoms in total. The third-order valence-electron chi connectivity index (χ3n) is 5.90. The van der Waals surface area contributed by atoms with E-state index in [1.807, 2.05) is 54.6 Å². The summed E-state index contributed by atoms with van der Waals surface area (Å²) in [6, 6.07) is 22.9. The molecule has 0 N–H and O–H groups in total. The van der Waals surface area contributed by atoms with Crippen LogP contribution in [0.3, 0.4) is 0 Å². The average Bonchev–Trinajstić information content (AvgIpc) is 3.57. The van der Waals surface area contributed by atoms with Gasteiger partial charge in [0.2, 0.25) is 0 Å². The summed E-state index contributed by atoms with van der Waals surface area (Å²) in [5.74, 6) is 2.30. The highest BCUT2D eigenvalue weighted by Gasteiger charge is 2.32. The number of halogens is 2. The fourth-order valence-corrected chi connectivity index (χ4v) is 4.13. The summed E-state index contributed by atoms with van der Waals surface area (Å²) in [7, 11) is 0. The van der Waals surface area contributed by atoms with Crippen LogP contribution in [0, 0.1) is 11.7 Å². The van der Waals surface area contributed by atoms with Crippen molar-refractivity contribution >= 4 is 11.6 Å². The second-order valence-electron chi connectivity index (χ2n) is 8.08. The molecule has 29 heavy (non-hydrogen) atoms. The smallest absolute Gasteiger partial charge is 0.165 e. The van der Waals surface area contributed by atoms with Crippen molar-refractivity contribution in [2.75, 3.05) is 0 Å². The summed E-state index contributed by atoms with van der Waals surface area (Å²) in [6.07, 6.45) is 4.81. The summed E-state index contributed by atoms with van der Waals surface area (Å²) in [4.78, 5) is 0. The monoisotopic (exact) mass is 408 g/mol. The lowest BCUT2D eigenvalue weighted by Gasteiger charge is -2.20. The summed E-state index contributed by atoms with van der Waals surface area (Å²) in [5.41, 5.74) is 2.50. The Morgan fingerprint density at radius 3 is 2.31 bits per heavy atom. The van der Waals surface area contributed by atoms with Crippen molar-refractivity contribution in [2.24, 2.45) is 5.92 Å². The zero-order chi connectivity index (χ0) is 20.2. The van der Waals surface area contributed by atoms with Gasteiger partial charge in [0.25, 0.3) is 0 Å². The highest BCUT2D eigenvalue weighted by atomic mass is 35.5. The van der Waals surface area contributed by atoms with Crippen molar-refractivity contribution in [3.63, 3.8) is 0 Å². The van der Waals surface area contributed by atoms with E-state index in [-0.39, 0.29) is 11.6 Å². The molecule has 0 heterocycles. The van der Waals surface area contributed by atoms with Gasteiger partial charge in [-0.25, -0.2) is 4.39 Å². The highest BCUT2D eigenvalue weighted by molar-refractivity contribution is 6.30. The van der Waals surface area contributed by atoms with Gasteiger partial charge in [-0.2, -0.15) is 0 Å². The van der Waals surface area contributed by atoms with E-state index in [4.69, 9.17) is 16.3 Å². The number of hydrogen-bond donors (Lipinski definition) is 0. The Bertz CT molecular complexity index is 935. The van der Waals surface area contributed by atoms with Gasteiger partial charge in [0.05, 0.1) is 0 Å². The minimum Gasteiger partial charge on any atom is -0.454 e. The second-order valence-corrected chi connectivity index (χ2v) is 8.52. The lowest BCUT2D eigenvalue weighted by atomic mass is 9.85. The van der Waals surface area contributed by atoms with Gasteiger partial charge < -0.3 is 4.74 Å². The van der Waals surface area contributed by atoms with E-state index in [0.717, 1.165) is 29.3 Å². The molecule has 0 spiro atoms. The maximum atomic E-state index is 14.3. The van der Waals surface area contributed by atoms with Crippen molar-refractivity contribution in [2.45, 2.75) is 44.4 Å². The fraction of sp³-hybridized carbons (Fsp3) is 0.308. The molecule has 0 saturated heterocycles. The van der Waals surface area contributed by atoms with Crippen LogP contribution in [0.1, 0.15) is 55.6 Å². The first-order valence-corrected chi connectivity index (χ1v) is 10.8. The van der Waals surface area contributed by atoms with Crippen LogP contribution in [0.5, 0.6) is 11.5 Å². The lowest BCUT2D eigenvalue weighted by molar-refractivity contribution is 0.439. The molecule has 0 aliphatic heterocycles. The van der Waals surface area contributed by atoms with Crippen molar-refractivity contribution in [1.29, 1.82) is 0 Å². The van der Waals surface area contributed by atoms with E-state index in [9.17, 15) is 4.39 Å². The summed E-state index contributed by atoms with van der Waals surface area (Å²) in [5, 5.41) is 0.786. The maximum Gasteiger partial charge on any atom is 0.165 e. The van der Waals surface area contributed by atoms with Gasteiger partial charge >= 0.3 is 0 Å². The van der Waals surface area contributed by atoms with Crippen LogP contribution in [0.15, 0.2) is 72.8 Å². The van der Waals surface area contributed by atoms with Crippen LogP contribution in [0.25, 0.3) is 0 Å². The molecule has 3 heteroatoms. The van der Waals surface area contributed by atoms with Gasteiger partial charge in [0.1, 0.15) is 5.75 Å². The van der Waals surface area contributed by atoms with Gasteiger partial charge in [0.15, 0.2) is 11.6 Å². The molecule has 3 aromatic rings. The molecule has 2 unspecified atom stereocenters. The maximum absolute atomic E-state index is 14.3. The van der Waals surface area contributed by atoms with Crippen LogP contribution in [-0.4, -0.2) is 0 Å². The number of ether oxygens (including phenoxy) is 1. The largest absolute Gasteiger partial charge is 0.454 e. The molecule has 1 saturated carbocycles. The topological polar surface area (TPSA) is 9.23 Å². The molecule has 1 fully saturated rings. The number of hydrogen-bond acceptors (Lipinski definition) is 1. The zero-order valence-electron chi connectivity index (χ0n) is 16.7. The lowest BCUT2D eigenvalue weighted by Crippen LogP contribution is -2.04. The van der Waals surface area contributed by atoms with E-state index >= 15 is 0 Å². The van der Waals surface area contributed by atoms with Crippen molar-refractivity contribution in [3.05, 3.63) is 94.8 Å². The van der Waals surface area contributed by atoms with Crippen LogP contribution < -0.4 is 4.74 Å². The predicted molar refractivity (Wildman–Crippen MR) is 117 cm³/mol. The third kappa shape index (κ3) is 5.19. The van der Waals surface area contributed by atoms with Gasteiger partial charge in [-0.05, 0) is 91.0 Å². The average molecular weight is 409 g/mol. The van der Waals surface area contributed by atoms with Crippen LogP contribution >= 0.6 is 11.6 Å². The number of para-hydroxylation sites is 1. The molecular weight excluding hydrogens is 383 g/mol. The SMILES string of the molecule is CC(CCC(c1ccc(Cl)cc1)C1CC1)c1ccc(F)c(Oc2ccccc2)c1. The Hall–Kier alpha value is -2.32. The van der Waals surface area contributed by atoms with Gasteiger partial charge in [-0.15, -0.1) is 0 Å². The molecule has 0 bridgehead atoms. The van der Waals surface area contributed by atoms with Gasteiger partial charge in [0, 0.05) is 5.02 Å². The molecule has 4 rings (SSSR count). The minimum atomic E-state index is -0.332.